The van der Waals surface area contributed by atoms with E-state index in [0.29, 0.717) is 6.07 Å². The molecule has 0 saturated heterocycles. The van der Waals surface area contributed by atoms with Gasteiger partial charge in [-0.05, 0) is 18.3 Å². The van der Waals surface area contributed by atoms with Crippen molar-refractivity contribution in [3.05, 3.63) is 29.6 Å². The average Bonchev–Trinajstić information content (AvgIpc) is 2.17. The van der Waals surface area contributed by atoms with Gasteiger partial charge in [0, 0.05) is 12.4 Å². The molecule has 7 heteroatoms. The molecule has 0 aliphatic carbocycles. The van der Waals surface area contributed by atoms with Gasteiger partial charge in [-0.25, -0.2) is 0 Å². The number of amides is 1. The fourth-order valence-corrected chi connectivity index (χ4v) is 0.997. The summed E-state index contributed by atoms with van der Waals surface area (Å²) in [5.41, 5.74) is -1.72. The highest BCUT2D eigenvalue weighted by molar-refractivity contribution is 7.78. The first-order valence-electron chi connectivity index (χ1n) is 3.60. The minimum absolute atomic E-state index is 0.637. The zero-order valence-corrected chi connectivity index (χ0v) is 7.89. The van der Waals surface area contributed by atoms with Crippen LogP contribution in [0.25, 0.3) is 0 Å². The van der Waals surface area contributed by atoms with Gasteiger partial charge in [-0.1, -0.05) is 0 Å². The van der Waals surface area contributed by atoms with Crippen LogP contribution in [-0.2, 0) is 6.18 Å². The number of carbonyl (C=O) groups excluding carboxylic acids is 1. The van der Waals surface area contributed by atoms with Crippen LogP contribution in [0.5, 0.6) is 0 Å². The van der Waals surface area contributed by atoms with E-state index in [4.69, 9.17) is 0 Å². The second kappa shape index (κ2) is 4.29. The highest BCUT2D eigenvalue weighted by Gasteiger charge is 2.35. The van der Waals surface area contributed by atoms with Crippen molar-refractivity contribution in [1.29, 1.82) is 0 Å². The molecule has 1 heterocycles. The zero-order chi connectivity index (χ0) is 11.5. The third kappa shape index (κ3) is 2.68. The third-order valence-electron chi connectivity index (χ3n) is 1.50. The maximum atomic E-state index is 12.4. The van der Waals surface area contributed by atoms with Crippen LogP contribution in [0.15, 0.2) is 23.5 Å². The Kier molecular flexibility index (Phi) is 3.28. The largest absolute Gasteiger partial charge is 0.417 e. The van der Waals surface area contributed by atoms with E-state index in [-0.39, 0.29) is 0 Å². The Bertz CT molecular complexity index is 438. The van der Waals surface area contributed by atoms with Gasteiger partial charge in [-0.15, -0.1) is 0 Å². The second-order valence-corrected chi connectivity index (χ2v) is 2.61. The van der Waals surface area contributed by atoms with Crippen molar-refractivity contribution in [3.63, 3.8) is 0 Å². The number of aliphatic imine (C=N–C) groups is 1. The molecule has 0 radical (unpaired) electrons. The molecular weight excluding hydrogens is 229 g/mol. The number of carbonyl (C=O) groups is 1. The quantitative estimate of drug-likeness (QED) is 0.551. The Hall–Kier alpha value is -1.59. The number of alkyl halides is 3. The van der Waals surface area contributed by atoms with E-state index in [0.717, 1.165) is 12.4 Å². The van der Waals surface area contributed by atoms with Gasteiger partial charge in [0.05, 0.1) is 16.3 Å². The molecule has 1 aromatic rings. The molecule has 0 unspecified atom stereocenters. The fraction of sp³-hybridized carbons (Fsp3) is 0.125. The topological polar surface area (TPSA) is 42.3 Å². The minimum atomic E-state index is -4.62. The van der Waals surface area contributed by atoms with Crippen molar-refractivity contribution in [1.82, 2.24) is 4.98 Å². The number of aromatic nitrogens is 1. The standard InChI is InChI=1S/C8H3F3N2OS/c9-8(10,11)6-1-2-12-3-5(6)7(14)13-4-15/h1-3H. The average molecular weight is 232 g/mol. The molecule has 78 valence electrons. The Morgan fingerprint density at radius 2 is 2.20 bits per heavy atom. The first kappa shape index (κ1) is 11.5. The Labute approximate surface area is 87.7 Å². The van der Waals surface area contributed by atoms with E-state index in [1.165, 1.54) is 0 Å². The number of halogens is 3. The summed E-state index contributed by atoms with van der Waals surface area (Å²) in [7, 11) is 0. The van der Waals surface area contributed by atoms with E-state index in [9.17, 15) is 18.0 Å². The number of thiocarbonyl (C=S) groups is 1. The first-order valence-corrected chi connectivity index (χ1v) is 4.01. The van der Waals surface area contributed by atoms with Crippen LogP contribution in [-0.4, -0.2) is 16.1 Å². The summed E-state index contributed by atoms with van der Waals surface area (Å²) in [4.78, 5) is 17.5. The predicted octanol–water partition coefficient (Wildman–Crippen LogP) is 2.34. The highest BCUT2D eigenvalue weighted by atomic mass is 32.1. The van der Waals surface area contributed by atoms with Crippen molar-refractivity contribution in [2.45, 2.75) is 6.18 Å². The van der Waals surface area contributed by atoms with Crippen LogP contribution >= 0.6 is 12.2 Å². The lowest BCUT2D eigenvalue weighted by molar-refractivity contribution is -0.138. The zero-order valence-electron chi connectivity index (χ0n) is 7.08. The summed E-state index contributed by atoms with van der Waals surface area (Å²) >= 11 is 4.13. The summed E-state index contributed by atoms with van der Waals surface area (Å²) in [5.74, 6) is -1.11. The van der Waals surface area contributed by atoms with E-state index >= 15 is 0 Å². The van der Waals surface area contributed by atoms with E-state index in [2.05, 4.69) is 22.2 Å². The van der Waals surface area contributed by atoms with E-state index < -0.39 is 23.2 Å². The molecular formula is C8H3F3N2OS. The lowest BCUT2D eigenvalue weighted by atomic mass is 10.1. The van der Waals surface area contributed by atoms with Gasteiger partial charge in [0.15, 0.2) is 0 Å². The lowest BCUT2D eigenvalue weighted by Crippen LogP contribution is -2.12. The van der Waals surface area contributed by atoms with Crippen LogP contribution in [0.4, 0.5) is 13.2 Å². The van der Waals surface area contributed by atoms with Gasteiger partial charge in [0.1, 0.15) is 0 Å². The SMILES string of the molecule is O=C(N=C=S)c1cnccc1C(F)(F)F. The molecule has 0 bridgehead atoms. The van der Waals surface area contributed by atoms with E-state index in [1.54, 1.807) is 5.16 Å². The fourth-order valence-electron chi connectivity index (χ4n) is 0.914. The molecule has 0 aliphatic rings. The van der Waals surface area contributed by atoms with Gasteiger partial charge in [0.25, 0.3) is 5.91 Å². The van der Waals surface area contributed by atoms with Crippen molar-refractivity contribution in [3.8, 4) is 0 Å². The van der Waals surface area contributed by atoms with Crippen LogP contribution in [0.1, 0.15) is 15.9 Å². The van der Waals surface area contributed by atoms with Gasteiger partial charge in [-0.2, -0.15) is 18.2 Å². The molecule has 1 aromatic heterocycles. The van der Waals surface area contributed by atoms with Crippen LogP contribution in [0.3, 0.4) is 0 Å². The molecule has 3 nitrogen and oxygen atoms in total. The Balaban J connectivity index is 3.30. The molecule has 1 rings (SSSR count). The number of rotatable bonds is 1. The number of pyridine rings is 1. The summed E-state index contributed by atoms with van der Waals surface area (Å²) in [6.07, 6.45) is -2.88. The maximum absolute atomic E-state index is 12.4. The summed E-state index contributed by atoms with van der Waals surface area (Å²) in [5, 5.41) is 1.71. The molecule has 0 saturated carbocycles. The number of hydrogen-bond donors (Lipinski definition) is 0. The minimum Gasteiger partial charge on any atom is -0.266 e. The van der Waals surface area contributed by atoms with Crippen molar-refractivity contribution >= 4 is 23.3 Å². The third-order valence-corrected chi connectivity index (χ3v) is 1.60. The predicted molar refractivity (Wildman–Crippen MR) is 48.6 cm³/mol. The first-order chi connectivity index (χ1) is 6.96. The molecule has 0 fully saturated rings. The lowest BCUT2D eigenvalue weighted by Gasteiger charge is -2.08. The maximum Gasteiger partial charge on any atom is 0.417 e. The smallest absolute Gasteiger partial charge is 0.266 e. The summed E-state index contributed by atoms with van der Waals surface area (Å²) in [6, 6.07) is 0.701. The van der Waals surface area contributed by atoms with Gasteiger partial charge < -0.3 is 0 Å². The molecule has 0 aliphatic heterocycles. The van der Waals surface area contributed by atoms with Crippen LogP contribution < -0.4 is 0 Å². The molecule has 0 aromatic carbocycles. The van der Waals surface area contributed by atoms with Crippen molar-refractivity contribution in [2.24, 2.45) is 4.99 Å². The molecule has 1 amide bonds. The van der Waals surface area contributed by atoms with Gasteiger partial charge >= 0.3 is 6.18 Å². The second-order valence-electron chi connectivity index (χ2n) is 2.43. The molecule has 0 atom stereocenters. The molecule has 15 heavy (non-hydrogen) atoms. The van der Waals surface area contributed by atoms with E-state index in [1.807, 2.05) is 0 Å². The summed E-state index contributed by atoms with van der Waals surface area (Å²) in [6.45, 7) is 0. The van der Waals surface area contributed by atoms with Crippen molar-refractivity contribution < 1.29 is 18.0 Å². The van der Waals surface area contributed by atoms with Gasteiger partial charge in [-0.3, -0.25) is 9.78 Å². The van der Waals surface area contributed by atoms with Crippen LogP contribution in [0.2, 0.25) is 0 Å². The number of nitrogens with zero attached hydrogens (tertiary/aromatic N) is 2. The molecule has 0 spiro atoms. The summed E-state index contributed by atoms with van der Waals surface area (Å²) < 4.78 is 37.1. The van der Waals surface area contributed by atoms with Gasteiger partial charge in [0.2, 0.25) is 0 Å². The number of isothiocyanates is 1. The normalized spacial score (nSPS) is 10.6. The Morgan fingerprint density at radius 1 is 1.53 bits per heavy atom. The highest BCUT2D eigenvalue weighted by Crippen LogP contribution is 2.31. The molecule has 0 N–H and O–H groups in total. The Morgan fingerprint density at radius 3 is 2.73 bits per heavy atom. The number of hydrogen-bond acceptors (Lipinski definition) is 3. The van der Waals surface area contributed by atoms with Crippen molar-refractivity contribution in [2.75, 3.05) is 0 Å². The van der Waals surface area contributed by atoms with Crippen LogP contribution in [0, 0.1) is 0 Å². The monoisotopic (exact) mass is 232 g/mol.